The molecule has 1 heterocycles. The third-order valence-electron chi connectivity index (χ3n) is 4.88. The molecule has 3 fully saturated rings. The number of hydrogen-bond donors (Lipinski definition) is 0. The van der Waals surface area contributed by atoms with Gasteiger partial charge in [0.25, 0.3) is 0 Å². The molecule has 0 unspecified atom stereocenters. The molecule has 2 aliphatic carbocycles. The summed E-state index contributed by atoms with van der Waals surface area (Å²) >= 11 is 0. The van der Waals surface area contributed by atoms with Crippen molar-refractivity contribution >= 4 is 5.78 Å². The Kier molecular flexibility index (Phi) is 3.48. The molecule has 0 amide bonds. The van der Waals surface area contributed by atoms with Crippen molar-refractivity contribution in [2.45, 2.75) is 44.6 Å². The van der Waals surface area contributed by atoms with Gasteiger partial charge in [0.1, 0.15) is 5.78 Å². The highest BCUT2D eigenvalue weighted by molar-refractivity contribution is 5.85. The number of nitrogens with zero attached hydrogens (tertiary/aromatic N) is 1. The van der Waals surface area contributed by atoms with Crippen LogP contribution in [0.2, 0.25) is 0 Å². The molecule has 0 N–H and O–H groups in total. The number of Topliss-reactive ketones (excluding diaryl/α,β-unsaturated/α-hetero) is 1. The largest absolute Gasteiger partial charge is 0.379 e. The van der Waals surface area contributed by atoms with E-state index >= 15 is 0 Å². The van der Waals surface area contributed by atoms with Crippen LogP contribution in [-0.2, 0) is 9.53 Å². The van der Waals surface area contributed by atoms with Gasteiger partial charge in [-0.1, -0.05) is 12.8 Å². The molecule has 3 heteroatoms. The van der Waals surface area contributed by atoms with E-state index in [0.717, 1.165) is 45.6 Å². The van der Waals surface area contributed by atoms with Crippen LogP contribution in [-0.4, -0.2) is 43.0 Å². The van der Waals surface area contributed by atoms with E-state index in [4.69, 9.17) is 4.74 Å². The summed E-state index contributed by atoms with van der Waals surface area (Å²) in [6, 6.07) is 0.528. The fourth-order valence-corrected chi connectivity index (χ4v) is 3.93. The van der Waals surface area contributed by atoms with Crippen LogP contribution in [0.15, 0.2) is 0 Å². The van der Waals surface area contributed by atoms with Crippen molar-refractivity contribution in [3.05, 3.63) is 0 Å². The standard InChI is InChI=1S/C14H23NO2/c16-14-11-3-1-2-4-12(14)13(6-5-11)15-7-9-17-10-8-15/h11-13H,1-10H2/t11-,12+,13+/m1/s1. The zero-order chi connectivity index (χ0) is 11.7. The molecule has 3 rings (SSSR count). The number of carbonyl (C=O) groups excluding carboxylic acids is 1. The molecule has 96 valence electrons. The van der Waals surface area contributed by atoms with Crippen LogP contribution in [0.3, 0.4) is 0 Å². The van der Waals surface area contributed by atoms with E-state index in [0.29, 0.717) is 23.7 Å². The number of hydrogen-bond acceptors (Lipinski definition) is 3. The third kappa shape index (κ3) is 2.27. The molecule has 0 aromatic rings. The lowest BCUT2D eigenvalue weighted by Crippen LogP contribution is -2.51. The summed E-state index contributed by atoms with van der Waals surface area (Å²) < 4.78 is 5.42. The van der Waals surface area contributed by atoms with Crippen molar-refractivity contribution in [3.63, 3.8) is 0 Å². The molecule has 0 aromatic heterocycles. The number of morpholine rings is 1. The van der Waals surface area contributed by atoms with Gasteiger partial charge < -0.3 is 4.74 Å². The van der Waals surface area contributed by atoms with Gasteiger partial charge in [0.05, 0.1) is 13.2 Å². The molecule has 0 aromatic carbocycles. The Balaban J connectivity index is 1.73. The van der Waals surface area contributed by atoms with Gasteiger partial charge in [-0.15, -0.1) is 0 Å². The first-order chi connectivity index (χ1) is 8.36. The summed E-state index contributed by atoms with van der Waals surface area (Å²) in [6.45, 7) is 3.75. The maximum absolute atomic E-state index is 12.4. The molecule has 2 saturated carbocycles. The highest BCUT2D eigenvalue weighted by Gasteiger charge is 2.41. The molecule has 3 atom stereocenters. The number of ketones is 1. The van der Waals surface area contributed by atoms with Crippen molar-refractivity contribution in [2.24, 2.45) is 11.8 Å². The number of ether oxygens (including phenoxy) is 1. The highest BCUT2D eigenvalue weighted by atomic mass is 16.5. The molecule has 3 aliphatic rings. The smallest absolute Gasteiger partial charge is 0.140 e. The molecular formula is C14H23NO2. The normalized spacial score (nSPS) is 40.0. The number of carbonyl (C=O) groups is 1. The van der Waals surface area contributed by atoms with Crippen LogP contribution >= 0.6 is 0 Å². The SMILES string of the molecule is O=C1[C@@H]2CCCC[C@H]1[C@@H](N1CCOCC1)CC2. The van der Waals surface area contributed by atoms with Gasteiger partial charge >= 0.3 is 0 Å². The maximum Gasteiger partial charge on any atom is 0.140 e. The zero-order valence-corrected chi connectivity index (χ0v) is 10.6. The molecule has 1 aliphatic heterocycles. The Hall–Kier alpha value is -0.410. The molecule has 17 heavy (non-hydrogen) atoms. The maximum atomic E-state index is 12.4. The molecule has 1 saturated heterocycles. The Labute approximate surface area is 104 Å². The van der Waals surface area contributed by atoms with Gasteiger partial charge in [-0.25, -0.2) is 0 Å². The monoisotopic (exact) mass is 237 g/mol. The van der Waals surface area contributed by atoms with Crippen molar-refractivity contribution in [3.8, 4) is 0 Å². The Morgan fingerprint density at radius 3 is 2.59 bits per heavy atom. The average Bonchev–Trinajstić information content (AvgIpc) is 2.49. The van der Waals surface area contributed by atoms with Crippen LogP contribution in [0.4, 0.5) is 0 Å². The Morgan fingerprint density at radius 1 is 1.00 bits per heavy atom. The van der Waals surface area contributed by atoms with Crippen molar-refractivity contribution in [1.82, 2.24) is 4.90 Å². The molecule has 3 nitrogen and oxygen atoms in total. The van der Waals surface area contributed by atoms with E-state index in [1.54, 1.807) is 0 Å². The predicted octanol–water partition coefficient (Wildman–Crippen LogP) is 1.86. The predicted molar refractivity (Wildman–Crippen MR) is 65.9 cm³/mol. The lowest BCUT2D eigenvalue weighted by Gasteiger charge is -2.42. The summed E-state index contributed by atoms with van der Waals surface area (Å²) in [4.78, 5) is 14.9. The van der Waals surface area contributed by atoms with Crippen LogP contribution in [0.1, 0.15) is 38.5 Å². The van der Waals surface area contributed by atoms with Crippen molar-refractivity contribution in [2.75, 3.05) is 26.3 Å². The van der Waals surface area contributed by atoms with E-state index < -0.39 is 0 Å². The van der Waals surface area contributed by atoms with Crippen molar-refractivity contribution in [1.29, 1.82) is 0 Å². The minimum atomic E-state index is 0.342. The fourth-order valence-electron chi connectivity index (χ4n) is 3.93. The van der Waals surface area contributed by atoms with Gasteiger partial charge in [0.2, 0.25) is 0 Å². The van der Waals surface area contributed by atoms with E-state index in [1.165, 1.54) is 19.3 Å². The second-order valence-electron chi connectivity index (χ2n) is 5.78. The average molecular weight is 237 g/mol. The molecule has 2 bridgehead atoms. The van der Waals surface area contributed by atoms with Crippen LogP contribution in [0.5, 0.6) is 0 Å². The Morgan fingerprint density at radius 2 is 1.76 bits per heavy atom. The quantitative estimate of drug-likeness (QED) is 0.697. The lowest BCUT2D eigenvalue weighted by molar-refractivity contribution is -0.133. The zero-order valence-electron chi connectivity index (χ0n) is 10.6. The molecule has 0 spiro atoms. The topological polar surface area (TPSA) is 29.5 Å². The fraction of sp³-hybridized carbons (Fsp3) is 0.929. The van der Waals surface area contributed by atoms with Gasteiger partial charge in [0.15, 0.2) is 0 Å². The van der Waals surface area contributed by atoms with Crippen LogP contribution < -0.4 is 0 Å². The third-order valence-corrected chi connectivity index (χ3v) is 4.88. The van der Waals surface area contributed by atoms with Gasteiger partial charge in [-0.3, -0.25) is 9.69 Å². The minimum absolute atomic E-state index is 0.342. The van der Waals surface area contributed by atoms with E-state index in [9.17, 15) is 4.79 Å². The summed E-state index contributed by atoms with van der Waals surface area (Å²) in [5, 5.41) is 0. The highest BCUT2D eigenvalue weighted by Crippen LogP contribution is 2.38. The second kappa shape index (κ2) is 5.07. The van der Waals surface area contributed by atoms with Crippen LogP contribution in [0.25, 0.3) is 0 Å². The van der Waals surface area contributed by atoms with Crippen molar-refractivity contribution < 1.29 is 9.53 Å². The van der Waals surface area contributed by atoms with Gasteiger partial charge in [0, 0.05) is 31.0 Å². The summed E-state index contributed by atoms with van der Waals surface area (Å²) in [5.41, 5.74) is 0. The van der Waals surface area contributed by atoms with Gasteiger partial charge in [-0.05, 0) is 25.7 Å². The summed E-state index contributed by atoms with van der Waals surface area (Å²) in [7, 11) is 0. The lowest BCUT2D eigenvalue weighted by atomic mass is 9.75. The van der Waals surface area contributed by atoms with E-state index in [1.807, 2.05) is 0 Å². The number of fused-ring (bicyclic) bond motifs is 2. The molecular weight excluding hydrogens is 214 g/mol. The Bertz CT molecular complexity index is 286. The van der Waals surface area contributed by atoms with Gasteiger partial charge in [-0.2, -0.15) is 0 Å². The number of rotatable bonds is 1. The first-order valence-corrected chi connectivity index (χ1v) is 7.22. The first-order valence-electron chi connectivity index (χ1n) is 7.22. The van der Waals surface area contributed by atoms with Crippen LogP contribution in [0, 0.1) is 11.8 Å². The summed E-state index contributed by atoms with van der Waals surface area (Å²) in [5.74, 6) is 1.33. The second-order valence-corrected chi connectivity index (χ2v) is 5.78. The first kappa shape index (κ1) is 11.7. The molecule has 0 radical (unpaired) electrons. The minimum Gasteiger partial charge on any atom is -0.379 e. The van der Waals surface area contributed by atoms with E-state index in [2.05, 4.69) is 4.90 Å². The van der Waals surface area contributed by atoms with E-state index in [-0.39, 0.29) is 0 Å². The summed E-state index contributed by atoms with van der Waals surface area (Å²) in [6.07, 6.45) is 7.19.